The van der Waals surface area contributed by atoms with E-state index in [0.717, 1.165) is 17.1 Å². The average Bonchev–Trinajstić information content (AvgIpc) is 2.15. The fourth-order valence-corrected chi connectivity index (χ4v) is 1.12. The Labute approximate surface area is 77.8 Å². The third-order valence-corrected chi connectivity index (χ3v) is 1.85. The zero-order chi connectivity index (χ0) is 8.81. The summed E-state index contributed by atoms with van der Waals surface area (Å²) in [6.45, 7) is 1.33. The molecule has 0 fully saturated rings. The van der Waals surface area contributed by atoms with Crippen molar-refractivity contribution in [3.05, 3.63) is 35.9 Å². The normalized spacial score (nSPS) is 9.42. The van der Waals surface area contributed by atoms with E-state index in [2.05, 4.69) is 5.32 Å². The second-order valence-corrected chi connectivity index (χ2v) is 2.82. The van der Waals surface area contributed by atoms with Gasteiger partial charge in [0.15, 0.2) is 0 Å². The highest BCUT2D eigenvalue weighted by Crippen LogP contribution is 1.98. The van der Waals surface area contributed by atoms with Crippen molar-refractivity contribution in [2.45, 2.75) is 0 Å². The van der Waals surface area contributed by atoms with Crippen molar-refractivity contribution in [2.24, 2.45) is 5.73 Å². The number of thiocarbonyl (C=S) groups is 1. The van der Waals surface area contributed by atoms with Crippen LogP contribution >= 0.6 is 12.2 Å². The van der Waals surface area contributed by atoms with Gasteiger partial charge >= 0.3 is 0 Å². The maximum absolute atomic E-state index is 5.33. The molecular formula is C9H12N2S. The molecule has 0 spiro atoms. The minimum absolute atomic E-state index is 0.604. The number of hydrogen-bond donors (Lipinski definition) is 2. The maximum atomic E-state index is 5.33. The number of rotatable bonds is 3. The molecule has 2 nitrogen and oxygen atoms in total. The highest BCUT2D eigenvalue weighted by atomic mass is 32.1. The van der Waals surface area contributed by atoms with Crippen LogP contribution in [-0.4, -0.2) is 18.1 Å². The monoisotopic (exact) mass is 180 g/mol. The van der Waals surface area contributed by atoms with Crippen LogP contribution in [0.3, 0.4) is 0 Å². The molecule has 0 aliphatic heterocycles. The van der Waals surface area contributed by atoms with Gasteiger partial charge in [-0.25, -0.2) is 0 Å². The molecule has 64 valence electrons. The summed E-state index contributed by atoms with van der Waals surface area (Å²) in [4.78, 5) is 0.765. The zero-order valence-corrected chi connectivity index (χ0v) is 7.60. The van der Waals surface area contributed by atoms with Crippen LogP contribution in [-0.2, 0) is 0 Å². The summed E-state index contributed by atoms with van der Waals surface area (Å²) in [6, 6.07) is 9.85. The molecule has 0 saturated carbocycles. The number of hydrogen-bond acceptors (Lipinski definition) is 2. The average molecular weight is 180 g/mol. The van der Waals surface area contributed by atoms with Crippen LogP contribution in [0.15, 0.2) is 30.3 Å². The lowest BCUT2D eigenvalue weighted by molar-refractivity contribution is 0.885. The second kappa shape index (κ2) is 4.85. The smallest absolute Gasteiger partial charge is 0.106 e. The van der Waals surface area contributed by atoms with Gasteiger partial charge in [-0.05, 0) is 0 Å². The van der Waals surface area contributed by atoms with E-state index in [9.17, 15) is 0 Å². The summed E-state index contributed by atoms with van der Waals surface area (Å²) < 4.78 is 0. The largest absolute Gasteiger partial charge is 0.375 e. The number of benzene rings is 1. The molecule has 0 aliphatic carbocycles. The fraction of sp³-hybridized carbons (Fsp3) is 0.222. The summed E-state index contributed by atoms with van der Waals surface area (Å²) >= 11 is 5.12. The van der Waals surface area contributed by atoms with Crippen molar-refractivity contribution in [2.75, 3.05) is 13.1 Å². The van der Waals surface area contributed by atoms with Gasteiger partial charge in [0, 0.05) is 18.7 Å². The summed E-state index contributed by atoms with van der Waals surface area (Å²) in [5, 5.41) is 3.06. The first-order valence-electron chi connectivity index (χ1n) is 3.88. The predicted molar refractivity (Wildman–Crippen MR) is 55.2 cm³/mol. The third kappa shape index (κ3) is 2.60. The Kier molecular flexibility index (Phi) is 3.70. The summed E-state index contributed by atoms with van der Waals surface area (Å²) in [5.74, 6) is 0. The van der Waals surface area contributed by atoms with Gasteiger partial charge in [-0.2, -0.15) is 0 Å². The lowest BCUT2D eigenvalue weighted by Gasteiger charge is -2.05. The molecule has 0 saturated heterocycles. The van der Waals surface area contributed by atoms with Crippen LogP contribution in [0, 0.1) is 0 Å². The summed E-state index contributed by atoms with van der Waals surface area (Å²) in [6.07, 6.45) is 0. The van der Waals surface area contributed by atoms with Gasteiger partial charge in [0.1, 0.15) is 4.99 Å². The van der Waals surface area contributed by atoms with Crippen molar-refractivity contribution in [3.8, 4) is 0 Å². The molecule has 0 aromatic heterocycles. The van der Waals surface area contributed by atoms with E-state index in [4.69, 9.17) is 18.0 Å². The maximum Gasteiger partial charge on any atom is 0.106 e. The first-order chi connectivity index (χ1) is 5.84. The van der Waals surface area contributed by atoms with Crippen LogP contribution in [0.5, 0.6) is 0 Å². The van der Waals surface area contributed by atoms with Crippen LogP contribution in [0.2, 0.25) is 0 Å². The van der Waals surface area contributed by atoms with Crippen molar-refractivity contribution in [3.63, 3.8) is 0 Å². The molecule has 0 aliphatic rings. The molecule has 0 amide bonds. The molecule has 0 bridgehead atoms. The first-order valence-corrected chi connectivity index (χ1v) is 4.28. The molecule has 0 heterocycles. The molecule has 0 unspecified atom stereocenters. The van der Waals surface area contributed by atoms with Gasteiger partial charge in [-0.3, -0.25) is 0 Å². The van der Waals surface area contributed by atoms with E-state index >= 15 is 0 Å². The Morgan fingerprint density at radius 1 is 1.33 bits per heavy atom. The quantitative estimate of drug-likeness (QED) is 0.679. The molecule has 1 aromatic carbocycles. The zero-order valence-electron chi connectivity index (χ0n) is 6.79. The molecule has 1 rings (SSSR count). The Morgan fingerprint density at radius 2 is 2.00 bits per heavy atom. The van der Waals surface area contributed by atoms with Crippen molar-refractivity contribution in [1.29, 1.82) is 0 Å². The molecule has 1 aromatic rings. The van der Waals surface area contributed by atoms with Crippen LogP contribution in [0.4, 0.5) is 0 Å². The molecule has 0 atom stereocenters. The first kappa shape index (κ1) is 9.16. The van der Waals surface area contributed by atoms with Crippen LogP contribution < -0.4 is 11.1 Å². The fourth-order valence-electron chi connectivity index (χ4n) is 0.877. The predicted octanol–water partition coefficient (Wildman–Crippen LogP) is 0.910. The van der Waals surface area contributed by atoms with Crippen LogP contribution in [0.1, 0.15) is 5.56 Å². The SMILES string of the molecule is NCCNC(=S)c1ccccc1. The lowest BCUT2D eigenvalue weighted by Crippen LogP contribution is -2.28. The third-order valence-electron chi connectivity index (χ3n) is 1.47. The van der Waals surface area contributed by atoms with E-state index in [1.807, 2.05) is 30.3 Å². The van der Waals surface area contributed by atoms with Gasteiger partial charge in [0.25, 0.3) is 0 Å². The second-order valence-electron chi connectivity index (χ2n) is 2.41. The van der Waals surface area contributed by atoms with Crippen LogP contribution in [0.25, 0.3) is 0 Å². The lowest BCUT2D eigenvalue weighted by atomic mass is 10.2. The topological polar surface area (TPSA) is 38.0 Å². The molecular weight excluding hydrogens is 168 g/mol. The highest BCUT2D eigenvalue weighted by molar-refractivity contribution is 7.80. The van der Waals surface area contributed by atoms with Crippen molar-refractivity contribution < 1.29 is 0 Å². The van der Waals surface area contributed by atoms with Crippen molar-refractivity contribution >= 4 is 17.2 Å². The molecule has 3 heteroatoms. The van der Waals surface area contributed by atoms with E-state index in [1.54, 1.807) is 0 Å². The van der Waals surface area contributed by atoms with Gasteiger partial charge < -0.3 is 11.1 Å². The van der Waals surface area contributed by atoms with Gasteiger partial charge in [0.05, 0.1) is 0 Å². The summed E-state index contributed by atoms with van der Waals surface area (Å²) in [5.41, 5.74) is 6.38. The molecule has 0 radical (unpaired) electrons. The Hall–Kier alpha value is -0.930. The van der Waals surface area contributed by atoms with E-state index < -0.39 is 0 Å². The van der Waals surface area contributed by atoms with E-state index in [1.165, 1.54) is 0 Å². The standard InChI is InChI=1S/C9H12N2S/c10-6-7-11-9(12)8-4-2-1-3-5-8/h1-5H,6-7,10H2,(H,11,12). The van der Waals surface area contributed by atoms with Gasteiger partial charge in [-0.15, -0.1) is 0 Å². The summed E-state index contributed by atoms with van der Waals surface area (Å²) in [7, 11) is 0. The van der Waals surface area contributed by atoms with E-state index in [0.29, 0.717) is 6.54 Å². The Balaban J connectivity index is 2.54. The minimum atomic E-state index is 0.604. The van der Waals surface area contributed by atoms with E-state index in [-0.39, 0.29) is 0 Å². The van der Waals surface area contributed by atoms with Gasteiger partial charge in [0.2, 0.25) is 0 Å². The molecule has 12 heavy (non-hydrogen) atoms. The van der Waals surface area contributed by atoms with Gasteiger partial charge in [-0.1, -0.05) is 42.5 Å². The Bertz CT molecular complexity index is 246. The Morgan fingerprint density at radius 3 is 2.58 bits per heavy atom. The molecule has 3 N–H and O–H groups in total. The highest BCUT2D eigenvalue weighted by Gasteiger charge is 1.96. The number of nitrogens with one attached hydrogen (secondary N) is 1. The van der Waals surface area contributed by atoms with Crippen molar-refractivity contribution in [1.82, 2.24) is 5.32 Å². The minimum Gasteiger partial charge on any atom is -0.375 e. The number of nitrogens with two attached hydrogens (primary N) is 1.